The Morgan fingerprint density at radius 1 is 1.25 bits per heavy atom. The lowest BCUT2D eigenvalue weighted by Gasteiger charge is -2.29. The molecule has 1 aromatic carbocycles. The summed E-state index contributed by atoms with van der Waals surface area (Å²) in [6.45, 7) is 2.96. The normalized spacial score (nSPS) is 21.9. The van der Waals surface area contributed by atoms with Crippen molar-refractivity contribution in [1.29, 1.82) is 0 Å². The molecule has 0 amide bonds. The first kappa shape index (κ1) is 12.4. The summed E-state index contributed by atoms with van der Waals surface area (Å²) in [4.78, 5) is 3.38. The van der Waals surface area contributed by atoms with Crippen LogP contribution in [0, 0.1) is 0 Å². The SMILES string of the molecule is CC1(S(=O)(=O)N2CCc3c([nH]c4ccccc34)C2)CC1. The largest absolute Gasteiger partial charge is 0.357 e. The van der Waals surface area contributed by atoms with E-state index in [2.05, 4.69) is 17.1 Å². The van der Waals surface area contributed by atoms with Crippen molar-refractivity contribution >= 4 is 20.9 Å². The number of rotatable bonds is 2. The van der Waals surface area contributed by atoms with Crippen molar-refractivity contribution in [2.45, 2.75) is 37.5 Å². The fraction of sp³-hybridized carbons (Fsp3) is 0.467. The molecule has 0 spiro atoms. The van der Waals surface area contributed by atoms with Crippen LogP contribution in [-0.2, 0) is 23.0 Å². The van der Waals surface area contributed by atoms with Gasteiger partial charge in [0.15, 0.2) is 0 Å². The van der Waals surface area contributed by atoms with Crippen LogP contribution in [0.3, 0.4) is 0 Å². The number of H-pyrrole nitrogens is 1. The summed E-state index contributed by atoms with van der Waals surface area (Å²) in [7, 11) is -3.16. The first-order chi connectivity index (χ1) is 9.51. The number of fused-ring (bicyclic) bond motifs is 3. The molecule has 5 heteroatoms. The lowest BCUT2D eigenvalue weighted by atomic mass is 10.1. The van der Waals surface area contributed by atoms with E-state index >= 15 is 0 Å². The van der Waals surface area contributed by atoms with E-state index < -0.39 is 14.8 Å². The monoisotopic (exact) mass is 290 g/mol. The van der Waals surface area contributed by atoms with Gasteiger partial charge in [-0.1, -0.05) is 18.2 Å². The Balaban J connectivity index is 1.74. The first-order valence-corrected chi connectivity index (χ1v) is 8.53. The van der Waals surface area contributed by atoms with Gasteiger partial charge in [-0.25, -0.2) is 8.42 Å². The van der Waals surface area contributed by atoms with Gasteiger partial charge in [0.05, 0.1) is 11.3 Å². The Morgan fingerprint density at radius 3 is 2.75 bits per heavy atom. The van der Waals surface area contributed by atoms with E-state index in [1.54, 1.807) is 4.31 Å². The van der Waals surface area contributed by atoms with Crippen molar-refractivity contribution in [2.75, 3.05) is 6.54 Å². The molecule has 20 heavy (non-hydrogen) atoms. The number of sulfonamides is 1. The first-order valence-electron chi connectivity index (χ1n) is 7.09. The lowest BCUT2D eigenvalue weighted by molar-refractivity contribution is 0.381. The third-order valence-electron chi connectivity index (χ3n) is 4.76. The summed E-state index contributed by atoms with van der Waals surface area (Å²) in [6.07, 6.45) is 2.39. The van der Waals surface area contributed by atoms with Gasteiger partial charge in [0.2, 0.25) is 10.0 Å². The van der Waals surface area contributed by atoms with E-state index in [-0.39, 0.29) is 0 Å². The molecule has 1 fully saturated rings. The Kier molecular flexibility index (Phi) is 2.40. The average molecular weight is 290 g/mol. The van der Waals surface area contributed by atoms with Crippen LogP contribution in [0.4, 0.5) is 0 Å². The van der Waals surface area contributed by atoms with Crippen molar-refractivity contribution in [1.82, 2.24) is 9.29 Å². The summed E-state index contributed by atoms with van der Waals surface area (Å²) in [6, 6.07) is 8.20. The predicted molar refractivity (Wildman–Crippen MR) is 79.0 cm³/mol. The number of hydrogen-bond acceptors (Lipinski definition) is 2. The molecule has 0 atom stereocenters. The summed E-state index contributed by atoms with van der Waals surface area (Å²) in [5.41, 5.74) is 3.45. The average Bonchev–Trinajstić information content (AvgIpc) is 3.09. The van der Waals surface area contributed by atoms with Gasteiger partial charge in [0.1, 0.15) is 0 Å². The number of para-hydroxylation sites is 1. The van der Waals surface area contributed by atoms with Gasteiger partial charge in [-0.15, -0.1) is 0 Å². The second kappa shape index (κ2) is 3.86. The number of nitrogens with zero attached hydrogens (tertiary/aromatic N) is 1. The zero-order chi connectivity index (χ0) is 14.0. The Labute approximate surface area is 118 Å². The summed E-state index contributed by atoms with van der Waals surface area (Å²) >= 11 is 0. The maximum Gasteiger partial charge on any atom is 0.219 e. The number of benzene rings is 1. The number of aromatic nitrogens is 1. The van der Waals surface area contributed by atoms with Gasteiger partial charge >= 0.3 is 0 Å². The van der Waals surface area contributed by atoms with Crippen molar-refractivity contribution in [2.24, 2.45) is 0 Å². The van der Waals surface area contributed by atoms with Gasteiger partial charge in [-0.2, -0.15) is 4.31 Å². The minimum Gasteiger partial charge on any atom is -0.357 e. The fourth-order valence-corrected chi connectivity index (χ4v) is 4.99. The second-order valence-electron chi connectivity index (χ2n) is 6.17. The number of aromatic amines is 1. The van der Waals surface area contributed by atoms with Crippen LogP contribution in [0.15, 0.2) is 24.3 Å². The van der Waals surface area contributed by atoms with Crippen molar-refractivity contribution in [3.63, 3.8) is 0 Å². The minimum atomic E-state index is -3.16. The molecule has 0 bridgehead atoms. The van der Waals surface area contributed by atoms with Crippen molar-refractivity contribution in [3.05, 3.63) is 35.5 Å². The molecule has 2 heterocycles. The van der Waals surface area contributed by atoms with Crippen LogP contribution in [0.5, 0.6) is 0 Å². The van der Waals surface area contributed by atoms with Crippen LogP contribution in [0.25, 0.3) is 10.9 Å². The molecule has 106 valence electrons. The zero-order valence-corrected chi connectivity index (χ0v) is 12.3. The van der Waals surface area contributed by atoms with Gasteiger partial charge in [-0.05, 0) is 37.8 Å². The van der Waals surface area contributed by atoms with E-state index in [0.717, 1.165) is 30.5 Å². The molecule has 0 saturated heterocycles. The highest BCUT2D eigenvalue weighted by atomic mass is 32.2. The maximum absolute atomic E-state index is 12.6. The molecule has 1 aliphatic carbocycles. The molecule has 0 unspecified atom stereocenters. The molecule has 1 saturated carbocycles. The highest BCUT2D eigenvalue weighted by Crippen LogP contribution is 2.45. The highest BCUT2D eigenvalue weighted by Gasteiger charge is 2.53. The third kappa shape index (κ3) is 1.59. The lowest BCUT2D eigenvalue weighted by Crippen LogP contribution is -2.41. The van der Waals surface area contributed by atoms with Crippen LogP contribution in [0.2, 0.25) is 0 Å². The molecule has 2 aliphatic rings. The third-order valence-corrected chi connectivity index (χ3v) is 7.41. The van der Waals surface area contributed by atoms with Crippen molar-refractivity contribution < 1.29 is 8.42 Å². The highest BCUT2D eigenvalue weighted by molar-refractivity contribution is 7.90. The molecular formula is C15H18N2O2S. The maximum atomic E-state index is 12.6. The predicted octanol–water partition coefficient (Wildman–Crippen LogP) is 2.41. The van der Waals surface area contributed by atoms with Gasteiger partial charge < -0.3 is 4.98 Å². The van der Waals surface area contributed by atoms with Gasteiger partial charge in [0, 0.05) is 23.1 Å². The summed E-state index contributed by atoms with van der Waals surface area (Å²) < 4.78 is 26.4. The molecule has 2 aromatic rings. The summed E-state index contributed by atoms with van der Waals surface area (Å²) in [5, 5.41) is 1.23. The molecule has 1 aliphatic heterocycles. The van der Waals surface area contributed by atoms with E-state index in [9.17, 15) is 8.42 Å². The number of nitrogens with one attached hydrogen (secondary N) is 1. The van der Waals surface area contributed by atoms with Crippen LogP contribution >= 0.6 is 0 Å². The van der Waals surface area contributed by atoms with E-state index in [0.29, 0.717) is 13.1 Å². The van der Waals surface area contributed by atoms with Crippen LogP contribution in [0.1, 0.15) is 31.0 Å². The Bertz CT molecular complexity index is 787. The van der Waals surface area contributed by atoms with Crippen molar-refractivity contribution in [3.8, 4) is 0 Å². The standard InChI is InChI=1S/C15H18N2O2S/c1-15(7-8-15)20(18,19)17-9-6-12-11-4-2-3-5-13(11)16-14(12)10-17/h2-5,16H,6-10H2,1H3. The molecular weight excluding hydrogens is 272 g/mol. The zero-order valence-electron chi connectivity index (χ0n) is 11.5. The van der Waals surface area contributed by atoms with Gasteiger partial charge in [-0.3, -0.25) is 0 Å². The topological polar surface area (TPSA) is 53.2 Å². The molecule has 4 rings (SSSR count). The quantitative estimate of drug-likeness (QED) is 0.923. The van der Waals surface area contributed by atoms with E-state index in [1.165, 1.54) is 10.9 Å². The fourth-order valence-electron chi connectivity index (χ4n) is 3.12. The molecule has 1 aromatic heterocycles. The van der Waals surface area contributed by atoms with Crippen LogP contribution < -0.4 is 0 Å². The minimum absolute atomic E-state index is 0.488. The molecule has 4 nitrogen and oxygen atoms in total. The second-order valence-corrected chi connectivity index (χ2v) is 8.62. The molecule has 1 N–H and O–H groups in total. The number of hydrogen-bond donors (Lipinski definition) is 1. The van der Waals surface area contributed by atoms with Crippen LogP contribution in [-0.4, -0.2) is 29.0 Å². The molecule has 0 radical (unpaired) electrons. The van der Waals surface area contributed by atoms with E-state index in [1.807, 2.05) is 19.1 Å². The Morgan fingerprint density at radius 2 is 2.00 bits per heavy atom. The summed E-state index contributed by atoms with van der Waals surface area (Å²) in [5.74, 6) is 0. The van der Waals surface area contributed by atoms with E-state index in [4.69, 9.17) is 0 Å². The van der Waals surface area contributed by atoms with Gasteiger partial charge in [0.25, 0.3) is 0 Å². The smallest absolute Gasteiger partial charge is 0.219 e. The Hall–Kier alpha value is -1.33.